The summed E-state index contributed by atoms with van der Waals surface area (Å²) in [6, 6.07) is 7.54. The Hall–Kier alpha value is -2.23. The lowest BCUT2D eigenvalue weighted by atomic mass is 10.3. The summed E-state index contributed by atoms with van der Waals surface area (Å²) in [5, 5.41) is 16.0. The monoisotopic (exact) mass is 324 g/mol. The lowest BCUT2D eigenvalue weighted by Gasteiger charge is -2.08. The number of hydrogen-bond acceptors (Lipinski definition) is 6. The number of nitrogens with one attached hydrogen (secondary N) is 1. The summed E-state index contributed by atoms with van der Waals surface area (Å²) in [5.41, 5.74) is 1.13. The van der Waals surface area contributed by atoms with Gasteiger partial charge in [0.05, 0.1) is 11.1 Å². The predicted molar refractivity (Wildman–Crippen MR) is 76.9 cm³/mol. The topological polar surface area (TPSA) is 115 Å². The van der Waals surface area contributed by atoms with Crippen LogP contribution in [0.5, 0.6) is 0 Å². The van der Waals surface area contributed by atoms with E-state index in [1.54, 1.807) is 18.2 Å². The maximum Gasteiger partial charge on any atom is 0.238 e. The van der Waals surface area contributed by atoms with Crippen molar-refractivity contribution in [2.24, 2.45) is 5.14 Å². The first kappa shape index (κ1) is 13.7. The third kappa shape index (κ3) is 2.79. The van der Waals surface area contributed by atoms with Crippen LogP contribution in [0.25, 0.3) is 5.65 Å². The highest BCUT2D eigenvalue weighted by Crippen LogP contribution is 2.21. The van der Waals surface area contributed by atoms with Crippen LogP contribution in [0.15, 0.2) is 41.4 Å². The van der Waals surface area contributed by atoms with Gasteiger partial charge in [-0.1, -0.05) is 16.8 Å². The van der Waals surface area contributed by atoms with Crippen LogP contribution in [-0.4, -0.2) is 28.2 Å². The molecule has 1 aromatic carbocycles. The lowest BCUT2D eigenvalue weighted by Crippen LogP contribution is -2.11. The molecule has 0 unspecified atom stereocenters. The summed E-state index contributed by atoms with van der Waals surface area (Å²) >= 11 is 5.92. The van der Waals surface area contributed by atoms with Crippen molar-refractivity contribution < 1.29 is 8.42 Å². The standard InChI is InChI=1S/C11H9ClN6O2S/c12-9-5-10(18-11(16-9)6-14-17-18)15-7-1-3-8(4-2-7)21(13,19)20/h1-6,15H,(H2,13,19,20). The quantitative estimate of drug-likeness (QED) is 0.699. The number of primary sulfonamides is 1. The Labute approximate surface area is 124 Å². The molecule has 0 bridgehead atoms. The average molecular weight is 325 g/mol. The average Bonchev–Trinajstić information content (AvgIpc) is 2.86. The van der Waals surface area contributed by atoms with Gasteiger partial charge in [-0.2, -0.15) is 4.52 Å². The molecule has 3 rings (SSSR count). The van der Waals surface area contributed by atoms with E-state index in [-0.39, 0.29) is 10.0 Å². The smallest absolute Gasteiger partial charge is 0.238 e. The maximum atomic E-state index is 11.2. The van der Waals surface area contributed by atoms with Crippen molar-refractivity contribution in [1.82, 2.24) is 19.8 Å². The van der Waals surface area contributed by atoms with E-state index < -0.39 is 10.0 Å². The molecule has 10 heteroatoms. The highest BCUT2D eigenvalue weighted by molar-refractivity contribution is 7.89. The minimum atomic E-state index is -3.71. The summed E-state index contributed by atoms with van der Waals surface area (Å²) in [6.07, 6.45) is 1.47. The zero-order chi connectivity index (χ0) is 15.0. The van der Waals surface area contributed by atoms with Gasteiger partial charge in [-0.25, -0.2) is 18.5 Å². The Balaban J connectivity index is 1.97. The van der Waals surface area contributed by atoms with E-state index in [2.05, 4.69) is 20.6 Å². The molecule has 21 heavy (non-hydrogen) atoms. The van der Waals surface area contributed by atoms with Crippen LogP contribution in [0.1, 0.15) is 0 Å². The van der Waals surface area contributed by atoms with E-state index in [1.165, 1.54) is 22.8 Å². The molecular weight excluding hydrogens is 316 g/mol. The van der Waals surface area contributed by atoms with Crippen LogP contribution in [0.4, 0.5) is 11.5 Å². The van der Waals surface area contributed by atoms with Crippen LogP contribution in [0.3, 0.4) is 0 Å². The largest absolute Gasteiger partial charge is 0.340 e. The van der Waals surface area contributed by atoms with Crippen molar-refractivity contribution >= 4 is 38.8 Å². The van der Waals surface area contributed by atoms with Crippen molar-refractivity contribution in [3.8, 4) is 0 Å². The predicted octanol–water partition coefficient (Wildman–Crippen LogP) is 1.17. The Morgan fingerprint density at radius 2 is 1.95 bits per heavy atom. The van der Waals surface area contributed by atoms with Gasteiger partial charge in [0.1, 0.15) is 11.0 Å². The van der Waals surface area contributed by atoms with E-state index in [4.69, 9.17) is 16.7 Å². The number of anilines is 2. The third-order valence-electron chi connectivity index (χ3n) is 2.69. The molecule has 0 fully saturated rings. The molecule has 0 saturated carbocycles. The molecule has 0 aliphatic carbocycles. The van der Waals surface area contributed by atoms with Crippen LogP contribution in [0.2, 0.25) is 5.15 Å². The van der Waals surface area contributed by atoms with E-state index in [1.807, 2.05) is 0 Å². The highest BCUT2D eigenvalue weighted by Gasteiger charge is 2.09. The van der Waals surface area contributed by atoms with Gasteiger partial charge in [-0.3, -0.25) is 0 Å². The number of fused-ring (bicyclic) bond motifs is 1. The Morgan fingerprint density at radius 3 is 2.62 bits per heavy atom. The summed E-state index contributed by atoms with van der Waals surface area (Å²) in [6.45, 7) is 0. The Bertz CT molecular complexity index is 906. The van der Waals surface area contributed by atoms with Gasteiger partial charge in [-0.05, 0) is 24.3 Å². The number of benzene rings is 1. The number of nitrogens with two attached hydrogens (primary N) is 1. The normalized spacial score (nSPS) is 11.7. The van der Waals surface area contributed by atoms with Crippen molar-refractivity contribution in [2.75, 3.05) is 5.32 Å². The Morgan fingerprint density at radius 1 is 1.24 bits per heavy atom. The fourth-order valence-electron chi connectivity index (χ4n) is 1.76. The number of sulfonamides is 1. The number of rotatable bonds is 3. The second-order valence-electron chi connectivity index (χ2n) is 4.16. The van der Waals surface area contributed by atoms with E-state index in [9.17, 15) is 8.42 Å². The van der Waals surface area contributed by atoms with Gasteiger partial charge in [0.25, 0.3) is 0 Å². The molecule has 0 aliphatic heterocycles. The van der Waals surface area contributed by atoms with Gasteiger partial charge in [0.15, 0.2) is 5.65 Å². The van der Waals surface area contributed by atoms with Gasteiger partial charge >= 0.3 is 0 Å². The van der Waals surface area contributed by atoms with Crippen LogP contribution >= 0.6 is 11.6 Å². The molecule has 3 N–H and O–H groups in total. The van der Waals surface area contributed by atoms with E-state index in [0.29, 0.717) is 17.2 Å². The second kappa shape index (κ2) is 4.95. The third-order valence-corrected chi connectivity index (χ3v) is 3.81. The zero-order valence-electron chi connectivity index (χ0n) is 10.4. The molecule has 2 heterocycles. The van der Waals surface area contributed by atoms with Crippen molar-refractivity contribution in [1.29, 1.82) is 0 Å². The maximum absolute atomic E-state index is 11.2. The second-order valence-corrected chi connectivity index (χ2v) is 6.11. The first-order chi connectivity index (χ1) is 9.93. The molecule has 0 radical (unpaired) electrons. The van der Waals surface area contributed by atoms with Gasteiger partial charge in [0, 0.05) is 11.8 Å². The zero-order valence-corrected chi connectivity index (χ0v) is 12.0. The molecule has 0 saturated heterocycles. The molecule has 8 nitrogen and oxygen atoms in total. The first-order valence-corrected chi connectivity index (χ1v) is 7.63. The molecule has 0 atom stereocenters. The first-order valence-electron chi connectivity index (χ1n) is 5.70. The number of aromatic nitrogens is 4. The van der Waals surface area contributed by atoms with Crippen molar-refractivity contribution in [3.63, 3.8) is 0 Å². The molecule has 0 spiro atoms. The van der Waals surface area contributed by atoms with E-state index in [0.717, 1.165) is 0 Å². The molecule has 3 aromatic rings. The molecule has 0 amide bonds. The summed E-state index contributed by atoms with van der Waals surface area (Å²) < 4.78 is 23.9. The van der Waals surface area contributed by atoms with Gasteiger partial charge in [-0.15, -0.1) is 5.10 Å². The fourth-order valence-corrected chi connectivity index (χ4v) is 2.46. The summed E-state index contributed by atoms with van der Waals surface area (Å²) in [5.74, 6) is 0.547. The van der Waals surface area contributed by atoms with Gasteiger partial charge < -0.3 is 5.32 Å². The fraction of sp³-hybridized carbons (Fsp3) is 0. The van der Waals surface area contributed by atoms with Crippen LogP contribution in [-0.2, 0) is 10.0 Å². The molecule has 0 aliphatic rings. The van der Waals surface area contributed by atoms with Gasteiger partial charge in [0.2, 0.25) is 10.0 Å². The summed E-state index contributed by atoms with van der Waals surface area (Å²) in [4.78, 5) is 4.09. The minimum Gasteiger partial charge on any atom is -0.340 e. The summed E-state index contributed by atoms with van der Waals surface area (Å²) in [7, 11) is -3.71. The van der Waals surface area contributed by atoms with Crippen LogP contribution < -0.4 is 10.5 Å². The van der Waals surface area contributed by atoms with E-state index >= 15 is 0 Å². The van der Waals surface area contributed by atoms with Crippen molar-refractivity contribution in [3.05, 3.63) is 41.7 Å². The van der Waals surface area contributed by atoms with Crippen molar-refractivity contribution in [2.45, 2.75) is 4.90 Å². The Kier molecular flexibility index (Phi) is 3.24. The highest BCUT2D eigenvalue weighted by atomic mass is 35.5. The number of nitrogens with zero attached hydrogens (tertiary/aromatic N) is 4. The lowest BCUT2D eigenvalue weighted by molar-refractivity contribution is 0.598. The molecule has 108 valence electrons. The SMILES string of the molecule is NS(=O)(=O)c1ccc(Nc2cc(Cl)nc3cnnn23)cc1. The number of halogens is 1. The number of hydrogen-bond donors (Lipinski definition) is 2. The van der Waals surface area contributed by atoms with Crippen LogP contribution in [0, 0.1) is 0 Å². The molecular formula is C11H9ClN6O2S. The minimum absolute atomic E-state index is 0.0340. The molecule has 2 aromatic heterocycles.